The Morgan fingerprint density at radius 1 is 1.29 bits per heavy atom. The molecule has 17 heavy (non-hydrogen) atoms. The maximum atomic E-state index is 11.5. The van der Waals surface area contributed by atoms with E-state index in [-0.39, 0.29) is 5.75 Å². The molecule has 6 nitrogen and oxygen atoms in total. The van der Waals surface area contributed by atoms with Gasteiger partial charge in [-0.15, -0.1) is 0 Å². The molecular weight excluding hydrogens is 222 g/mol. The van der Waals surface area contributed by atoms with Crippen LogP contribution in [0.5, 0.6) is 5.75 Å². The van der Waals surface area contributed by atoms with Gasteiger partial charge in [0.1, 0.15) is 5.76 Å². The van der Waals surface area contributed by atoms with Gasteiger partial charge in [-0.3, -0.25) is 10.4 Å². The van der Waals surface area contributed by atoms with Crippen LogP contribution >= 0.6 is 0 Å². The van der Waals surface area contributed by atoms with E-state index in [0.717, 1.165) is 0 Å². The van der Waals surface area contributed by atoms with Crippen molar-refractivity contribution in [3.63, 3.8) is 0 Å². The summed E-state index contributed by atoms with van der Waals surface area (Å²) in [6.07, 6.45) is 0. The van der Waals surface area contributed by atoms with E-state index in [4.69, 9.17) is 4.52 Å². The van der Waals surface area contributed by atoms with Crippen LogP contribution in [0.2, 0.25) is 0 Å². The molecule has 0 aliphatic carbocycles. The minimum Gasteiger partial charge on any atom is -0.360 e. The largest absolute Gasteiger partial charge is 0.360 e. The molecular formula is C11H10N3O3. The van der Waals surface area contributed by atoms with Crippen molar-refractivity contribution in [2.75, 3.05) is 10.6 Å². The van der Waals surface area contributed by atoms with Crippen LogP contribution in [0.25, 0.3) is 0 Å². The second-order valence-corrected chi connectivity index (χ2v) is 3.43. The monoisotopic (exact) mass is 232 g/mol. The van der Waals surface area contributed by atoms with Crippen molar-refractivity contribution >= 4 is 17.5 Å². The van der Waals surface area contributed by atoms with Crippen LogP contribution in [0.3, 0.4) is 0 Å². The Hall–Kier alpha value is -2.50. The van der Waals surface area contributed by atoms with Gasteiger partial charge in [0.05, 0.1) is 0 Å². The number of urea groups is 1. The Morgan fingerprint density at radius 2 is 2.12 bits per heavy atom. The van der Waals surface area contributed by atoms with E-state index in [9.17, 15) is 9.90 Å². The fourth-order valence-electron chi connectivity index (χ4n) is 1.28. The van der Waals surface area contributed by atoms with Gasteiger partial charge in [-0.2, -0.15) is 0 Å². The standard InChI is InChI=1S/C11H10N3O3/c1-7-5-10(14-17-7)13-11(16)12-8-3-2-4-9(15)6-8/h2-6H,1H3,(H2,12,13,14,16). The predicted octanol–water partition coefficient (Wildman–Crippen LogP) is 2.77. The lowest BCUT2D eigenvalue weighted by atomic mass is 10.3. The summed E-state index contributed by atoms with van der Waals surface area (Å²) in [4.78, 5) is 11.5. The molecule has 6 heteroatoms. The molecule has 0 saturated carbocycles. The molecule has 2 aromatic rings. The first kappa shape index (κ1) is 11.0. The van der Waals surface area contributed by atoms with Gasteiger partial charge in [-0.1, -0.05) is 11.2 Å². The summed E-state index contributed by atoms with van der Waals surface area (Å²) in [6.45, 7) is 1.72. The SMILES string of the molecule is Cc1cc(NC(=O)Nc2cccc([O])c2)no1. The first-order chi connectivity index (χ1) is 8.13. The lowest BCUT2D eigenvalue weighted by molar-refractivity contribution is 0.262. The van der Waals surface area contributed by atoms with Gasteiger partial charge in [-0.25, -0.2) is 4.79 Å². The highest BCUT2D eigenvalue weighted by atomic mass is 16.5. The van der Waals surface area contributed by atoms with Gasteiger partial charge in [0.25, 0.3) is 0 Å². The summed E-state index contributed by atoms with van der Waals surface area (Å²) < 4.78 is 4.79. The van der Waals surface area contributed by atoms with Crippen molar-refractivity contribution in [3.05, 3.63) is 36.1 Å². The molecule has 1 radical (unpaired) electrons. The molecule has 0 spiro atoms. The number of rotatable bonds is 2. The minimum atomic E-state index is -0.482. The summed E-state index contributed by atoms with van der Waals surface area (Å²) in [5.74, 6) is 0.750. The van der Waals surface area contributed by atoms with Gasteiger partial charge in [0.15, 0.2) is 11.6 Å². The molecule has 0 atom stereocenters. The van der Waals surface area contributed by atoms with Crippen LogP contribution in [0, 0.1) is 6.92 Å². The zero-order chi connectivity index (χ0) is 12.3. The maximum absolute atomic E-state index is 11.5. The number of benzene rings is 1. The van der Waals surface area contributed by atoms with E-state index < -0.39 is 6.03 Å². The van der Waals surface area contributed by atoms with Crippen molar-refractivity contribution in [3.8, 4) is 5.75 Å². The Labute approximate surface area is 97.2 Å². The summed E-state index contributed by atoms with van der Waals surface area (Å²) >= 11 is 0. The van der Waals surface area contributed by atoms with Crippen LogP contribution < -0.4 is 10.6 Å². The first-order valence-corrected chi connectivity index (χ1v) is 4.92. The number of amides is 2. The van der Waals surface area contributed by atoms with Gasteiger partial charge >= 0.3 is 6.03 Å². The zero-order valence-electron chi connectivity index (χ0n) is 9.06. The van der Waals surface area contributed by atoms with Crippen LogP contribution in [0.1, 0.15) is 5.76 Å². The summed E-state index contributed by atoms with van der Waals surface area (Å²) in [7, 11) is 0. The normalized spacial score (nSPS) is 9.94. The zero-order valence-corrected chi connectivity index (χ0v) is 9.06. The maximum Gasteiger partial charge on any atom is 0.324 e. The number of hydrogen-bond acceptors (Lipinski definition) is 3. The molecule has 0 unspecified atom stereocenters. The third-order valence-corrected chi connectivity index (χ3v) is 1.96. The molecule has 0 aliphatic rings. The van der Waals surface area contributed by atoms with Crippen LogP contribution in [-0.4, -0.2) is 11.2 Å². The van der Waals surface area contributed by atoms with Crippen LogP contribution in [0.15, 0.2) is 34.9 Å². The topological polar surface area (TPSA) is 87.1 Å². The van der Waals surface area contributed by atoms with Crippen molar-refractivity contribution in [1.29, 1.82) is 0 Å². The second kappa shape index (κ2) is 4.56. The molecule has 1 aromatic heterocycles. The van der Waals surface area contributed by atoms with Gasteiger partial charge in [0, 0.05) is 17.8 Å². The molecule has 0 bridgehead atoms. The van der Waals surface area contributed by atoms with E-state index in [1.807, 2.05) is 0 Å². The quantitative estimate of drug-likeness (QED) is 0.834. The highest BCUT2D eigenvalue weighted by molar-refractivity contribution is 5.99. The molecule has 0 aliphatic heterocycles. The first-order valence-electron chi connectivity index (χ1n) is 4.92. The average Bonchev–Trinajstić information content (AvgIpc) is 2.63. The summed E-state index contributed by atoms with van der Waals surface area (Å²) in [6, 6.07) is 7.03. The van der Waals surface area contributed by atoms with E-state index in [0.29, 0.717) is 17.3 Å². The molecule has 2 amide bonds. The molecule has 2 rings (SSSR count). The number of aromatic nitrogens is 1. The second-order valence-electron chi connectivity index (χ2n) is 3.43. The van der Waals surface area contributed by atoms with Crippen LogP contribution in [0.4, 0.5) is 16.3 Å². The fourth-order valence-corrected chi connectivity index (χ4v) is 1.28. The number of aryl methyl sites for hydroxylation is 1. The van der Waals surface area contributed by atoms with Crippen molar-refractivity contribution in [2.45, 2.75) is 6.92 Å². The van der Waals surface area contributed by atoms with Gasteiger partial charge in [-0.05, 0) is 19.1 Å². The number of carbonyl (C=O) groups excluding carboxylic acids is 1. The fraction of sp³-hybridized carbons (Fsp3) is 0.0909. The molecule has 1 aromatic carbocycles. The highest BCUT2D eigenvalue weighted by Gasteiger charge is 2.06. The van der Waals surface area contributed by atoms with Gasteiger partial charge < -0.3 is 9.84 Å². The smallest absolute Gasteiger partial charge is 0.324 e. The third kappa shape index (κ3) is 2.97. The minimum absolute atomic E-state index is 0.167. The van der Waals surface area contributed by atoms with E-state index in [1.54, 1.807) is 25.1 Å². The predicted molar refractivity (Wildman–Crippen MR) is 60.5 cm³/mol. The molecule has 87 valence electrons. The molecule has 1 heterocycles. The lowest BCUT2D eigenvalue weighted by Crippen LogP contribution is -2.19. The molecule has 2 N–H and O–H groups in total. The van der Waals surface area contributed by atoms with E-state index in [1.165, 1.54) is 12.1 Å². The lowest BCUT2D eigenvalue weighted by Gasteiger charge is -2.04. The Bertz CT molecular complexity index is 536. The summed E-state index contributed by atoms with van der Waals surface area (Å²) in [5, 5.41) is 19.6. The number of nitrogens with one attached hydrogen (secondary N) is 2. The number of nitrogens with zero attached hydrogens (tertiary/aromatic N) is 1. The number of hydrogen-bond donors (Lipinski definition) is 2. The van der Waals surface area contributed by atoms with E-state index in [2.05, 4.69) is 15.8 Å². The third-order valence-electron chi connectivity index (χ3n) is 1.96. The van der Waals surface area contributed by atoms with Gasteiger partial charge in [0.2, 0.25) is 0 Å². The Morgan fingerprint density at radius 3 is 2.76 bits per heavy atom. The van der Waals surface area contributed by atoms with Crippen molar-refractivity contribution in [2.24, 2.45) is 0 Å². The van der Waals surface area contributed by atoms with Crippen molar-refractivity contribution in [1.82, 2.24) is 5.16 Å². The molecule has 0 fully saturated rings. The Kier molecular flexibility index (Phi) is 2.95. The van der Waals surface area contributed by atoms with Crippen LogP contribution in [-0.2, 0) is 5.11 Å². The van der Waals surface area contributed by atoms with Crippen molar-refractivity contribution < 1.29 is 14.4 Å². The Balaban J connectivity index is 1.98. The van der Waals surface area contributed by atoms with E-state index >= 15 is 0 Å². The highest BCUT2D eigenvalue weighted by Crippen LogP contribution is 2.16. The number of carbonyl (C=O) groups is 1. The molecule has 0 saturated heterocycles. The number of anilines is 2. The average molecular weight is 232 g/mol. The summed E-state index contributed by atoms with van der Waals surface area (Å²) in [5.41, 5.74) is 0.426.